The fraction of sp³-hybridized carbons (Fsp3) is 0.409. The van der Waals surface area contributed by atoms with E-state index in [4.69, 9.17) is 9.47 Å². The lowest BCUT2D eigenvalue weighted by atomic mass is 9.99. The van der Waals surface area contributed by atoms with Crippen molar-refractivity contribution in [2.45, 2.75) is 39.4 Å². The second-order valence-electron chi connectivity index (χ2n) is 7.14. The highest BCUT2D eigenvalue weighted by Crippen LogP contribution is 2.33. The fourth-order valence-electron chi connectivity index (χ4n) is 3.48. The van der Waals surface area contributed by atoms with Crippen LogP contribution in [0.2, 0.25) is 0 Å². The zero-order valence-electron chi connectivity index (χ0n) is 16.6. The van der Waals surface area contributed by atoms with E-state index in [0.29, 0.717) is 25.4 Å². The molecule has 0 bridgehead atoms. The van der Waals surface area contributed by atoms with Crippen LogP contribution in [0.15, 0.2) is 42.5 Å². The van der Waals surface area contributed by atoms with Crippen LogP contribution in [-0.2, 0) is 19.5 Å². The molecule has 2 aromatic carbocycles. The molecule has 2 aromatic rings. The second-order valence-corrected chi connectivity index (χ2v) is 7.14. The molecule has 1 heterocycles. The molecule has 0 spiro atoms. The number of hydrogen-bond donors (Lipinski definition) is 0. The van der Waals surface area contributed by atoms with Gasteiger partial charge in [0.1, 0.15) is 0 Å². The van der Waals surface area contributed by atoms with Crippen molar-refractivity contribution < 1.29 is 14.3 Å². The van der Waals surface area contributed by atoms with Crippen LogP contribution in [0.3, 0.4) is 0 Å². The first-order valence-electron chi connectivity index (χ1n) is 9.36. The van der Waals surface area contributed by atoms with E-state index in [0.717, 1.165) is 23.3 Å². The van der Waals surface area contributed by atoms with E-state index in [1.807, 2.05) is 40.1 Å². The highest BCUT2D eigenvalue weighted by atomic mass is 16.5. The molecule has 0 aromatic heterocycles. The minimum absolute atomic E-state index is 0.0780. The zero-order valence-corrected chi connectivity index (χ0v) is 16.6. The van der Waals surface area contributed by atoms with Crippen molar-refractivity contribution in [3.8, 4) is 11.5 Å². The molecule has 0 saturated carbocycles. The molecule has 0 fully saturated rings. The standard InChI is InChI=1S/C22H28N2O3/c1-16(2)24(14-17-8-6-5-7-9-17)22(25)23-11-10-18-12-20(26-3)21(27-4)13-19(18)15-23/h5-9,12-13,16H,10-11,14-15H2,1-4H3. The molecular weight excluding hydrogens is 340 g/mol. The molecule has 144 valence electrons. The number of urea groups is 1. The van der Waals surface area contributed by atoms with Gasteiger partial charge in [-0.2, -0.15) is 0 Å². The van der Waals surface area contributed by atoms with Gasteiger partial charge in [0.15, 0.2) is 11.5 Å². The number of nitrogens with zero attached hydrogens (tertiary/aromatic N) is 2. The molecule has 2 amide bonds. The third kappa shape index (κ3) is 4.18. The van der Waals surface area contributed by atoms with E-state index < -0.39 is 0 Å². The molecule has 0 unspecified atom stereocenters. The van der Waals surface area contributed by atoms with Gasteiger partial charge in [-0.25, -0.2) is 4.79 Å². The smallest absolute Gasteiger partial charge is 0.320 e. The number of hydrogen-bond acceptors (Lipinski definition) is 3. The first kappa shape index (κ1) is 19.1. The van der Waals surface area contributed by atoms with E-state index >= 15 is 0 Å². The Balaban J connectivity index is 1.79. The van der Waals surface area contributed by atoms with Crippen LogP contribution in [0, 0.1) is 0 Å². The number of rotatable bonds is 5. The highest BCUT2D eigenvalue weighted by Gasteiger charge is 2.27. The first-order chi connectivity index (χ1) is 13.0. The molecule has 0 saturated heterocycles. The summed E-state index contributed by atoms with van der Waals surface area (Å²) < 4.78 is 10.8. The van der Waals surface area contributed by atoms with Gasteiger partial charge in [-0.3, -0.25) is 0 Å². The zero-order chi connectivity index (χ0) is 19.4. The average molecular weight is 368 g/mol. The van der Waals surface area contributed by atoms with Crippen LogP contribution in [-0.4, -0.2) is 42.6 Å². The van der Waals surface area contributed by atoms with Gasteiger partial charge in [-0.05, 0) is 49.1 Å². The van der Waals surface area contributed by atoms with Crippen molar-refractivity contribution in [1.29, 1.82) is 0 Å². The third-order valence-electron chi connectivity index (χ3n) is 5.05. The van der Waals surface area contributed by atoms with Crippen LogP contribution in [0.4, 0.5) is 4.79 Å². The Kier molecular flexibility index (Phi) is 5.89. The topological polar surface area (TPSA) is 42.0 Å². The SMILES string of the molecule is COc1cc2c(cc1OC)CN(C(=O)N(Cc1ccccc1)C(C)C)CC2. The number of amides is 2. The molecule has 0 N–H and O–H groups in total. The molecule has 1 aliphatic rings. The Hall–Kier alpha value is -2.69. The number of ether oxygens (including phenoxy) is 2. The Morgan fingerprint density at radius 2 is 1.70 bits per heavy atom. The predicted octanol–water partition coefficient (Wildman–Crippen LogP) is 4.09. The molecule has 0 atom stereocenters. The van der Waals surface area contributed by atoms with Gasteiger partial charge in [-0.15, -0.1) is 0 Å². The van der Waals surface area contributed by atoms with Crippen LogP contribution < -0.4 is 9.47 Å². The maximum Gasteiger partial charge on any atom is 0.320 e. The van der Waals surface area contributed by atoms with Crippen LogP contribution in [0.25, 0.3) is 0 Å². The predicted molar refractivity (Wildman–Crippen MR) is 106 cm³/mol. The van der Waals surface area contributed by atoms with Crippen molar-refractivity contribution in [3.05, 3.63) is 59.2 Å². The van der Waals surface area contributed by atoms with Crippen molar-refractivity contribution >= 4 is 6.03 Å². The van der Waals surface area contributed by atoms with Crippen LogP contribution in [0.5, 0.6) is 11.5 Å². The molecule has 0 aliphatic carbocycles. The molecule has 0 radical (unpaired) electrons. The van der Waals surface area contributed by atoms with E-state index in [9.17, 15) is 4.79 Å². The average Bonchev–Trinajstić information content (AvgIpc) is 2.70. The van der Waals surface area contributed by atoms with Gasteiger partial charge >= 0.3 is 6.03 Å². The van der Waals surface area contributed by atoms with Gasteiger partial charge in [0.25, 0.3) is 0 Å². The lowest BCUT2D eigenvalue weighted by molar-refractivity contribution is 0.132. The van der Waals surface area contributed by atoms with Crippen molar-refractivity contribution in [2.75, 3.05) is 20.8 Å². The molecule has 1 aliphatic heterocycles. The summed E-state index contributed by atoms with van der Waals surface area (Å²) in [4.78, 5) is 17.1. The van der Waals surface area contributed by atoms with Gasteiger partial charge in [-0.1, -0.05) is 30.3 Å². The summed E-state index contributed by atoms with van der Waals surface area (Å²) in [6.45, 7) is 6.04. The van der Waals surface area contributed by atoms with Crippen molar-refractivity contribution in [3.63, 3.8) is 0 Å². The molecular formula is C22H28N2O3. The van der Waals surface area contributed by atoms with Crippen molar-refractivity contribution in [1.82, 2.24) is 9.80 Å². The monoisotopic (exact) mass is 368 g/mol. The Morgan fingerprint density at radius 3 is 2.30 bits per heavy atom. The molecule has 27 heavy (non-hydrogen) atoms. The fourth-order valence-corrected chi connectivity index (χ4v) is 3.48. The summed E-state index contributed by atoms with van der Waals surface area (Å²) >= 11 is 0. The van der Waals surface area contributed by atoms with Gasteiger partial charge in [0.2, 0.25) is 0 Å². The largest absolute Gasteiger partial charge is 0.493 e. The summed E-state index contributed by atoms with van der Waals surface area (Å²) in [5.74, 6) is 1.44. The molecule has 3 rings (SSSR count). The maximum atomic E-state index is 13.2. The summed E-state index contributed by atoms with van der Waals surface area (Å²) in [5.41, 5.74) is 3.48. The number of carbonyl (C=O) groups is 1. The number of fused-ring (bicyclic) bond motifs is 1. The quantitative estimate of drug-likeness (QED) is 0.798. The Morgan fingerprint density at radius 1 is 1.07 bits per heavy atom. The number of benzene rings is 2. The Bertz CT molecular complexity index is 790. The lowest BCUT2D eigenvalue weighted by Gasteiger charge is -2.36. The molecule has 5 heteroatoms. The first-order valence-corrected chi connectivity index (χ1v) is 9.36. The minimum atomic E-state index is 0.0780. The number of methoxy groups -OCH3 is 2. The van der Waals surface area contributed by atoms with Crippen LogP contribution in [0.1, 0.15) is 30.5 Å². The number of carbonyl (C=O) groups excluding carboxylic acids is 1. The van der Waals surface area contributed by atoms with E-state index in [1.165, 1.54) is 5.56 Å². The van der Waals surface area contributed by atoms with E-state index in [1.54, 1.807) is 14.2 Å². The van der Waals surface area contributed by atoms with Gasteiger partial charge in [0, 0.05) is 25.7 Å². The third-order valence-corrected chi connectivity index (χ3v) is 5.05. The van der Waals surface area contributed by atoms with Crippen LogP contribution >= 0.6 is 0 Å². The minimum Gasteiger partial charge on any atom is -0.493 e. The summed E-state index contributed by atoms with van der Waals surface area (Å²) in [6.07, 6.45) is 0.818. The van der Waals surface area contributed by atoms with E-state index in [2.05, 4.69) is 26.0 Å². The summed E-state index contributed by atoms with van der Waals surface area (Å²) in [7, 11) is 3.28. The van der Waals surface area contributed by atoms with E-state index in [-0.39, 0.29) is 12.1 Å². The summed E-state index contributed by atoms with van der Waals surface area (Å²) in [6, 6.07) is 14.4. The highest BCUT2D eigenvalue weighted by molar-refractivity contribution is 5.75. The summed E-state index contributed by atoms with van der Waals surface area (Å²) in [5, 5.41) is 0. The molecule has 5 nitrogen and oxygen atoms in total. The lowest BCUT2D eigenvalue weighted by Crippen LogP contribution is -2.47. The second kappa shape index (κ2) is 8.33. The van der Waals surface area contributed by atoms with Gasteiger partial charge < -0.3 is 19.3 Å². The normalized spacial score (nSPS) is 13.3. The van der Waals surface area contributed by atoms with Gasteiger partial charge in [0.05, 0.1) is 14.2 Å². The Labute approximate surface area is 161 Å². The van der Waals surface area contributed by atoms with Crippen molar-refractivity contribution in [2.24, 2.45) is 0 Å². The maximum absolute atomic E-state index is 13.2.